The van der Waals surface area contributed by atoms with E-state index in [1.807, 2.05) is 36.4 Å². The highest BCUT2D eigenvalue weighted by molar-refractivity contribution is 7.79. The Kier molecular flexibility index (Phi) is 4.46. The lowest BCUT2D eigenvalue weighted by atomic mass is 9.77. The lowest BCUT2D eigenvalue weighted by Crippen LogP contribution is -2.30. The smallest absolute Gasteiger partial charge is 0.146 e. The Morgan fingerprint density at radius 2 is 1.46 bits per heavy atom. The van der Waals surface area contributed by atoms with Crippen LogP contribution in [0.3, 0.4) is 0 Å². The van der Waals surface area contributed by atoms with Crippen molar-refractivity contribution in [2.24, 2.45) is 5.92 Å². The van der Waals surface area contributed by atoms with Gasteiger partial charge in [0, 0.05) is 16.3 Å². The fraction of sp³-hybridized carbons (Fsp3) is 0.364. The predicted octanol–water partition coefficient (Wildman–Crippen LogP) is 5.28. The summed E-state index contributed by atoms with van der Waals surface area (Å²) < 4.78 is 14.4. The molecule has 0 aromatic heterocycles. The summed E-state index contributed by atoms with van der Waals surface area (Å²) in [5.74, 6) is 0.665. The van der Waals surface area contributed by atoms with E-state index in [-0.39, 0.29) is 5.66 Å². The Morgan fingerprint density at radius 1 is 0.833 bits per heavy atom. The van der Waals surface area contributed by atoms with E-state index < -0.39 is 7.14 Å². The first kappa shape index (κ1) is 15.9. The first-order chi connectivity index (χ1) is 11.8. The minimum atomic E-state index is -2.61. The zero-order valence-electron chi connectivity index (χ0n) is 14.1. The molecule has 2 aromatic carbocycles. The van der Waals surface area contributed by atoms with Gasteiger partial charge < -0.3 is 4.57 Å². The molecule has 0 heterocycles. The van der Waals surface area contributed by atoms with Crippen LogP contribution in [0.15, 0.2) is 72.3 Å². The SMILES string of the molecule is O=P(c1ccccc1)(c1ccccc1)C1CC=C2CCCCC2C1. The Balaban J connectivity index is 1.77. The van der Waals surface area contributed by atoms with Gasteiger partial charge in [-0.25, -0.2) is 0 Å². The van der Waals surface area contributed by atoms with Gasteiger partial charge in [-0.1, -0.05) is 78.7 Å². The summed E-state index contributed by atoms with van der Waals surface area (Å²) >= 11 is 0. The van der Waals surface area contributed by atoms with Gasteiger partial charge in [-0.3, -0.25) is 0 Å². The summed E-state index contributed by atoms with van der Waals surface area (Å²) in [6, 6.07) is 20.4. The molecule has 2 aromatic rings. The maximum Gasteiger partial charge on any atom is 0.146 e. The molecule has 1 nitrogen and oxygen atoms in total. The van der Waals surface area contributed by atoms with Crippen LogP contribution in [0.4, 0.5) is 0 Å². The van der Waals surface area contributed by atoms with Crippen molar-refractivity contribution in [1.29, 1.82) is 0 Å². The zero-order valence-corrected chi connectivity index (χ0v) is 15.0. The molecule has 2 aliphatic rings. The molecule has 124 valence electrons. The Hall–Kier alpha value is -1.59. The largest absolute Gasteiger partial charge is 0.313 e. The average molecular weight is 336 g/mol. The molecular formula is C22H25OP. The quantitative estimate of drug-likeness (QED) is 0.550. The fourth-order valence-corrected chi connectivity index (χ4v) is 7.85. The van der Waals surface area contributed by atoms with Crippen molar-refractivity contribution < 1.29 is 4.57 Å². The summed E-state index contributed by atoms with van der Waals surface area (Å²) in [6.45, 7) is 0. The normalized spacial score (nSPS) is 24.1. The summed E-state index contributed by atoms with van der Waals surface area (Å²) in [5, 5.41) is 2.04. The first-order valence-electron chi connectivity index (χ1n) is 9.18. The molecule has 0 radical (unpaired) electrons. The van der Waals surface area contributed by atoms with Crippen molar-refractivity contribution >= 4 is 17.8 Å². The van der Waals surface area contributed by atoms with Crippen LogP contribution in [-0.4, -0.2) is 5.66 Å². The van der Waals surface area contributed by atoms with Crippen molar-refractivity contribution in [2.45, 2.75) is 44.2 Å². The van der Waals surface area contributed by atoms with Gasteiger partial charge in [-0.15, -0.1) is 0 Å². The molecule has 0 saturated heterocycles. The van der Waals surface area contributed by atoms with Crippen LogP contribution >= 0.6 is 7.14 Å². The van der Waals surface area contributed by atoms with Crippen LogP contribution in [0.25, 0.3) is 0 Å². The van der Waals surface area contributed by atoms with Crippen LogP contribution < -0.4 is 10.6 Å². The van der Waals surface area contributed by atoms with Crippen LogP contribution in [0, 0.1) is 5.92 Å². The third kappa shape index (κ3) is 2.80. The zero-order chi connectivity index (χ0) is 16.4. The fourth-order valence-electron chi connectivity index (χ4n) is 4.53. The van der Waals surface area contributed by atoms with E-state index in [4.69, 9.17) is 0 Å². The Bertz CT molecular complexity index is 720. The third-order valence-corrected chi connectivity index (χ3v) is 9.38. The monoisotopic (exact) mass is 336 g/mol. The summed E-state index contributed by atoms with van der Waals surface area (Å²) in [6.07, 6.45) is 9.69. The first-order valence-corrected chi connectivity index (χ1v) is 11.0. The third-order valence-electron chi connectivity index (χ3n) is 5.79. The predicted molar refractivity (Wildman–Crippen MR) is 103 cm³/mol. The summed E-state index contributed by atoms with van der Waals surface area (Å²) in [4.78, 5) is 0. The van der Waals surface area contributed by atoms with Crippen molar-refractivity contribution in [3.8, 4) is 0 Å². The van der Waals surface area contributed by atoms with Gasteiger partial charge in [-0.2, -0.15) is 0 Å². The number of allylic oxidation sites excluding steroid dienone is 2. The number of hydrogen-bond acceptors (Lipinski definition) is 1. The molecule has 2 aliphatic carbocycles. The van der Waals surface area contributed by atoms with E-state index in [9.17, 15) is 4.57 Å². The van der Waals surface area contributed by atoms with Crippen LogP contribution in [-0.2, 0) is 4.57 Å². The summed E-state index contributed by atoms with van der Waals surface area (Å²) in [7, 11) is -2.61. The van der Waals surface area contributed by atoms with E-state index in [2.05, 4.69) is 30.3 Å². The summed E-state index contributed by atoms with van der Waals surface area (Å²) in [5.41, 5.74) is 1.89. The molecule has 0 spiro atoms. The van der Waals surface area contributed by atoms with Crippen molar-refractivity contribution in [3.05, 3.63) is 72.3 Å². The second kappa shape index (κ2) is 6.73. The van der Waals surface area contributed by atoms with Crippen molar-refractivity contribution in [3.63, 3.8) is 0 Å². The topological polar surface area (TPSA) is 17.1 Å². The average Bonchev–Trinajstić information content (AvgIpc) is 2.68. The second-order valence-corrected chi connectivity index (χ2v) is 10.3. The van der Waals surface area contributed by atoms with E-state index in [0.717, 1.165) is 23.5 Å². The lowest BCUT2D eigenvalue weighted by molar-refractivity contribution is 0.401. The number of hydrogen-bond donors (Lipinski definition) is 0. The van der Waals surface area contributed by atoms with E-state index in [1.54, 1.807) is 5.57 Å². The number of benzene rings is 2. The van der Waals surface area contributed by atoms with Gasteiger partial charge >= 0.3 is 0 Å². The molecule has 2 unspecified atom stereocenters. The maximum absolute atomic E-state index is 14.4. The van der Waals surface area contributed by atoms with E-state index in [1.165, 1.54) is 25.7 Å². The molecule has 0 bridgehead atoms. The van der Waals surface area contributed by atoms with Gasteiger partial charge in [-0.05, 0) is 38.0 Å². The molecule has 0 aliphatic heterocycles. The Labute approximate surface area is 145 Å². The number of fused-ring (bicyclic) bond motifs is 1. The molecule has 4 rings (SSSR count). The van der Waals surface area contributed by atoms with Crippen LogP contribution in [0.1, 0.15) is 38.5 Å². The second-order valence-electron chi connectivity index (χ2n) is 7.18. The van der Waals surface area contributed by atoms with Gasteiger partial charge in [0.15, 0.2) is 0 Å². The Morgan fingerprint density at radius 3 is 2.08 bits per heavy atom. The van der Waals surface area contributed by atoms with Gasteiger partial charge in [0.05, 0.1) is 0 Å². The highest BCUT2D eigenvalue weighted by Gasteiger charge is 2.40. The molecule has 1 saturated carbocycles. The van der Waals surface area contributed by atoms with Crippen molar-refractivity contribution in [2.75, 3.05) is 0 Å². The minimum absolute atomic E-state index is 0.245. The lowest BCUT2D eigenvalue weighted by Gasteiger charge is -2.37. The van der Waals surface area contributed by atoms with Crippen LogP contribution in [0.2, 0.25) is 0 Å². The molecule has 24 heavy (non-hydrogen) atoms. The minimum Gasteiger partial charge on any atom is -0.313 e. The molecule has 0 N–H and O–H groups in total. The van der Waals surface area contributed by atoms with Gasteiger partial charge in [0.25, 0.3) is 0 Å². The van der Waals surface area contributed by atoms with Crippen LogP contribution in [0.5, 0.6) is 0 Å². The van der Waals surface area contributed by atoms with Crippen molar-refractivity contribution in [1.82, 2.24) is 0 Å². The van der Waals surface area contributed by atoms with E-state index >= 15 is 0 Å². The van der Waals surface area contributed by atoms with Gasteiger partial charge in [0.1, 0.15) is 7.14 Å². The standard InChI is InChI=1S/C22H25OP/c23-24(20-11-3-1-4-12-20,21-13-5-2-6-14-21)22-16-15-18-9-7-8-10-19(18)17-22/h1-6,11-15,19,22H,7-10,16-17H2. The highest BCUT2D eigenvalue weighted by Crippen LogP contribution is 2.55. The maximum atomic E-state index is 14.4. The van der Waals surface area contributed by atoms with E-state index in [0.29, 0.717) is 5.92 Å². The number of rotatable bonds is 3. The molecule has 2 atom stereocenters. The molecule has 1 fully saturated rings. The molecule has 0 amide bonds. The molecular weight excluding hydrogens is 311 g/mol. The van der Waals surface area contributed by atoms with Gasteiger partial charge in [0.2, 0.25) is 0 Å². The highest BCUT2D eigenvalue weighted by atomic mass is 31.2. The molecule has 2 heteroatoms.